The van der Waals surface area contributed by atoms with Crippen LogP contribution in [0.3, 0.4) is 0 Å². The molecule has 0 aromatic carbocycles. The van der Waals surface area contributed by atoms with Gasteiger partial charge in [0.15, 0.2) is 0 Å². The molecule has 66 valence electrons. The molecule has 0 radical (unpaired) electrons. The molecule has 0 rings (SSSR count). The van der Waals surface area contributed by atoms with Crippen LogP contribution in [0.4, 0.5) is 0 Å². The van der Waals surface area contributed by atoms with Crippen LogP contribution < -0.4 is 0 Å². The van der Waals surface area contributed by atoms with E-state index in [1.54, 1.807) is 4.90 Å². The van der Waals surface area contributed by atoms with Gasteiger partial charge in [0.05, 0.1) is 6.61 Å². The third-order valence-electron chi connectivity index (χ3n) is 1.71. The maximum absolute atomic E-state index is 10.5. The van der Waals surface area contributed by atoms with E-state index < -0.39 is 12.0 Å². The lowest BCUT2D eigenvalue weighted by molar-refractivity contribution is -0.144. The number of aliphatic hydroxyl groups is 1. The number of rotatable bonds is 5. The average molecular weight is 161 g/mol. The number of hydrogen-bond donors (Lipinski definition) is 2. The van der Waals surface area contributed by atoms with Crippen molar-refractivity contribution in [3.05, 3.63) is 0 Å². The Hall–Kier alpha value is -0.610. The van der Waals surface area contributed by atoms with Crippen LogP contribution >= 0.6 is 0 Å². The third kappa shape index (κ3) is 2.86. The van der Waals surface area contributed by atoms with E-state index in [4.69, 9.17) is 10.2 Å². The molecule has 0 aliphatic heterocycles. The minimum absolute atomic E-state index is 0.322. The zero-order chi connectivity index (χ0) is 8.85. The van der Waals surface area contributed by atoms with E-state index in [1.807, 2.05) is 13.8 Å². The van der Waals surface area contributed by atoms with Gasteiger partial charge in [0, 0.05) is 0 Å². The summed E-state index contributed by atoms with van der Waals surface area (Å²) < 4.78 is 0. The average Bonchev–Trinajstić information content (AvgIpc) is 1.99. The molecule has 1 atom stereocenters. The van der Waals surface area contributed by atoms with Crippen LogP contribution in [0.5, 0.6) is 0 Å². The number of likely N-dealkylation sites (N-methyl/N-ethyl adjacent to an activating group) is 1. The highest BCUT2D eigenvalue weighted by Gasteiger charge is 2.21. The van der Waals surface area contributed by atoms with Crippen molar-refractivity contribution in [2.75, 3.05) is 19.7 Å². The molecule has 0 aromatic heterocycles. The fourth-order valence-electron chi connectivity index (χ4n) is 1.01. The van der Waals surface area contributed by atoms with Crippen LogP contribution in [-0.2, 0) is 4.79 Å². The molecule has 0 aliphatic carbocycles. The first-order chi connectivity index (χ1) is 5.17. The van der Waals surface area contributed by atoms with E-state index in [-0.39, 0.29) is 6.61 Å². The molecule has 0 saturated heterocycles. The van der Waals surface area contributed by atoms with Crippen molar-refractivity contribution in [1.29, 1.82) is 0 Å². The van der Waals surface area contributed by atoms with Gasteiger partial charge in [-0.2, -0.15) is 0 Å². The molecular formula is C7H15NO3. The lowest BCUT2D eigenvalue weighted by atomic mass is 10.2. The number of nitrogens with zero attached hydrogens (tertiary/aromatic N) is 1. The highest BCUT2D eigenvalue weighted by atomic mass is 16.4. The van der Waals surface area contributed by atoms with Crippen molar-refractivity contribution in [2.24, 2.45) is 0 Å². The Bertz CT molecular complexity index is 123. The topological polar surface area (TPSA) is 60.8 Å². The summed E-state index contributed by atoms with van der Waals surface area (Å²) in [5.74, 6) is -0.962. The Morgan fingerprint density at radius 1 is 1.45 bits per heavy atom. The zero-order valence-corrected chi connectivity index (χ0v) is 6.95. The minimum Gasteiger partial charge on any atom is -0.480 e. The SMILES string of the molecule is CCN(CC)C(CO)C(=O)O. The predicted molar refractivity (Wildman–Crippen MR) is 41.4 cm³/mol. The number of aliphatic hydroxyl groups excluding tert-OH is 1. The number of aliphatic carboxylic acids is 1. The van der Waals surface area contributed by atoms with Gasteiger partial charge in [0.25, 0.3) is 0 Å². The summed E-state index contributed by atoms with van der Waals surface area (Å²) in [4.78, 5) is 12.2. The molecule has 1 unspecified atom stereocenters. The second-order valence-electron chi connectivity index (χ2n) is 2.26. The Morgan fingerprint density at radius 2 is 1.91 bits per heavy atom. The first-order valence-electron chi connectivity index (χ1n) is 3.75. The highest BCUT2D eigenvalue weighted by molar-refractivity contribution is 5.73. The summed E-state index contributed by atoms with van der Waals surface area (Å²) in [5, 5.41) is 17.3. The smallest absolute Gasteiger partial charge is 0.323 e. The van der Waals surface area contributed by atoms with Crippen LogP contribution in [0.25, 0.3) is 0 Å². The number of carboxylic acid groups (broad SMARTS) is 1. The van der Waals surface area contributed by atoms with Gasteiger partial charge < -0.3 is 10.2 Å². The highest BCUT2D eigenvalue weighted by Crippen LogP contribution is 1.97. The maximum Gasteiger partial charge on any atom is 0.323 e. The molecule has 2 N–H and O–H groups in total. The standard InChI is InChI=1S/C7H15NO3/c1-3-8(4-2)6(5-9)7(10)11/h6,9H,3-5H2,1-2H3,(H,10,11). The monoisotopic (exact) mass is 161 g/mol. The quantitative estimate of drug-likeness (QED) is 0.585. The molecule has 0 spiro atoms. The predicted octanol–water partition coefficient (Wildman–Crippen LogP) is -0.226. The summed E-state index contributed by atoms with van der Waals surface area (Å²) in [6.45, 7) is 4.71. The first-order valence-corrected chi connectivity index (χ1v) is 3.75. The molecule has 0 fully saturated rings. The second kappa shape index (κ2) is 5.09. The summed E-state index contributed by atoms with van der Waals surface area (Å²) in [7, 11) is 0. The molecule has 0 saturated carbocycles. The van der Waals surface area contributed by atoms with Crippen LogP contribution in [-0.4, -0.2) is 46.8 Å². The lowest BCUT2D eigenvalue weighted by Gasteiger charge is -2.23. The van der Waals surface area contributed by atoms with Crippen molar-refractivity contribution >= 4 is 5.97 Å². The second-order valence-corrected chi connectivity index (χ2v) is 2.26. The van der Waals surface area contributed by atoms with Crippen LogP contribution in [0.1, 0.15) is 13.8 Å². The molecule has 11 heavy (non-hydrogen) atoms. The van der Waals surface area contributed by atoms with Gasteiger partial charge in [0.2, 0.25) is 0 Å². The summed E-state index contributed by atoms with van der Waals surface area (Å²) in [6.07, 6.45) is 0. The molecule has 4 nitrogen and oxygen atoms in total. The molecule has 0 aromatic rings. The van der Waals surface area contributed by atoms with Crippen molar-refractivity contribution < 1.29 is 15.0 Å². The van der Waals surface area contributed by atoms with E-state index in [0.717, 1.165) is 0 Å². The van der Waals surface area contributed by atoms with Crippen LogP contribution in [0.2, 0.25) is 0 Å². The van der Waals surface area contributed by atoms with Crippen molar-refractivity contribution in [1.82, 2.24) is 4.90 Å². The maximum atomic E-state index is 10.5. The first kappa shape index (κ1) is 10.4. The van der Waals surface area contributed by atoms with E-state index >= 15 is 0 Å². The lowest BCUT2D eigenvalue weighted by Crippen LogP contribution is -2.43. The van der Waals surface area contributed by atoms with E-state index in [1.165, 1.54) is 0 Å². The van der Waals surface area contributed by atoms with Gasteiger partial charge >= 0.3 is 5.97 Å². The molecule has 0 amide bonds. The van der Waals surface area contributed by atoms with Gasteiger partial charge in [-0.15, -0.1) is 0 Å². The molecule has 0 aliphatic rings. The number of carbonyl (C=O) groups is 1. The summed E-state index contributed by atoms with van der Waals surface area (Å²) >= 11 is 0. The zero-order valence-electron chi connectivity index (χ0n) is 6.95. The van der Waals surface area contributed by atoms with Crippen molar-refractivity contribution in [2.45, 2.75) is 19.9 Å². The van der Waals surface area contributed by atoms with Crippen LogP contribution in [0, 0.1) is 0 Å². The van der Waals surface area contributed by atoms with Crippen molar-refractivity contribution in [3.63, 3.8) is 0 Å². The summed E-state index contributed by atoms with van der Waals surface area (Å²) in [5.41, 5.74) is 0. The van der Waals surface area contributed by atoms with Gasteiger partial charge in [-0.05, 0) is 13.1 Å². The fourth-order valence-corrected chi connectivity index (χ4v) is 1.01. The van der Waals surface area contributed by atoms with E-state index in [0.29, 0.717) is 13.1 Å². The van der Waals surface area contributed by atoms with Gasteiger partial charge in [-0.3, -0.25) is 9.69 Å². The number of hydrogen-bond acceptors (Lipinski definition) is 3. The molecule has 4 heteroatoms. The molecule has 0 heterocycles. The van der Waals surface area contributed by atoms with Crippen molar-refractivity contribution in [3.8, 4) is 0 Å². The van der Waals surface area contributed by atoms with Gasteiger partial charge in [-0.1, -0.05) is 13.8 Å². The Kier molecular flexibility index (Phi) is 4.81. The molecular weight excluding hydrogens is 146 g/mol. The fraction of sp³-hybridized carbons (Fsp3) is 0.857. The van der Waals surface area contributed by atoms with Crippen LogP contribution in [0.15, 0.2) is 0 Å². The Morgan fingerprint density at radius 3 is 2.00 bits per heavy atom. The molecule has 0 bridgehead atoms. The third-order valence-corrected chi connectivity index (χ3v) is 1.71. The van der Waals surface area contributed by atoms with Gasteiger partial charge in [-0.25, -0.2) is 0 Å². The minimum atomic E-state index is -0.962. The Labute approximate surface area is 66.4 Å². The number of carboxylic acids is 1. The van der Waals surface area contributed by atoms with E-state index in [2.05, 4.69) is 0 Å². The largest absolute Gasteiger partial charge is 0.480 e. The van der Waals surface area contributed by atoms with E-state index in [9.17, 15) is 4.79 Å². The normalized spacial score (nSPS) is 13.5. The van der Waals surface area contributed by atoms with Gasteiger partial charge in [0.1, 0.15) is 6.04 Å². The Balaban J connectivity index is 4.09. The summed E-state index contributed by atoms with van der Waals surface area (Å²) in [6, 6.07) is -0.745.